The van der Waals surface area contributed by atoms with Crippen LogP contribution in [0.5, 0.6) is 0 Å². The molecule has 0 aliphatic carbocycles. The van der Waals surface area contributed by atoms with E-state index in [-0.39, 0.29) is 36.0 Å². The zero-order chi connectivity index (χ0) is 19.3. The van der Waals surface area contributed by atoms with Crippen molar-refractivity contribution in [2.75, 3.05) is 6.61 Å². The Morgan fingerprint density at radius 3 is 2.24 bits per heavy atom. The Hall–Kier alpha value is -2.47. The van der Waals surface area contributed by atoms with Crippen LogP contribution in [0.4, 0.5) is 0 Å². The summed E-state index contributed by atoms with van der Waals surface area (Å²) in [6, 6.07) is 29.6. The van der Waals surface area contributed by atoms with Crippen LogP contribution in [0.15, 0.2) is 84.9 Å². The Labute approximate surface area is 189 Å². The molecule has 1 atom stereocenters. The molecule has 3 aromatic carbocycles. The van der Waals surface area contributed by atoms with E-state index in [0.29, 0.717) is 6.61 Å². The van der Waals surface area contributed by atoms with Gasteiger partial charge in [-0.1, -0.05) is 66.7 Å². The van der Waals surface area contributed by atoms with Gasteiger partial charge in [-0.2, -0.15) is 0 Å². The lowest BCUT2D eigenvalue weighted by molar-refractivity contribution is -0.584. The van der Waals surface area contributed by atoms with Crippen molar-refractivity contribution in [3.63, 3.8) is 0 Å². The third-order valence-electron chi connectivity index (χ3n) is 5.18. The van der Waals surface area contributed by atoms with Gasteiger partial charge in [-0.15, -0.1) is 0 Å². The molecule has 0 saturated heterocycles. The van der Waals surface area contributed by atoms with Gasteiger partial charge in [0.25, 0.3) is 0 Å². The molecule has 1 aliphatic heterocycles. The fourth-order valence-electron chi connectivity index (χ4n) is 3.90. The number of carbonyl (C=O) groups is 1. The normalized spacial score (nSPS) is 15.3. The van der Waals surface area contributed by atoms with Crippen LogP contribution in [0.3, 0.4) is 0 Å². The zero-order valence-electron chi connectivity index (χ0n) is 16.4. The van der Waals surface area contributed by atoms with Gasteiger partial charge in [0.15, 0.2) is 19.2 Å². The molecule has 3 nitrogen and oxygen atoms in total. The summed E-state index contributed by atoms with van der Waals surface area (Å²) in [7, 11) is 0. The number of esters is 1. The van der Waals surface area contributed by atoms with Crippen LogP contribution in [-0.2, 0) is 22.5 Å². The second kappa shape index (κ2) is 9.83. The molecule has 4 rings (SSSR count). The van der Waals surface area contributed by atoms with Crippen molar-refractivity contribution in [1.29, 1.82) is 0 Å². The van der Waals surface area contributed by atoms with Crippen molar-refractivity contribution in [2.45, 2.75) is 25.9 Å². The molecule has 0 aromatic heterocycles. The first-order valence-electron chi connectivity index (χ1n) is 9.67. The standard InChI is InChI=1S/C25H24NO2.HI/c1-19(27)28-18-23-16-22-14-8-9-15-24(22)25(21-12-6-3-7-13-21)26(23)17-20-10-4-2-5-11-20;/h2-15,23H,16-18H2,1H3;1H/q+1;/p-1. The molecule has 0 radical (unpaired) electrons. The largest absolute Gasteiger partial charge is 1.00 e. The second-order valence-corrected chi connectivity index (χ2v) is 7.15. The molecular weight excluding hydrogens is 473 g/mol. The van der Waals surface area contributed by atoms with Crippen molar-refractivity contribution >= 4 is 11.7 Å². The van der Waals surface area contributed by atoms with Gasteiger partial charge < -0.3 is 28.7 Å². The van der Waals surface area contributed by atoms with Crippen molar-refractivity contribution in [3.8, 4) is 0 Å². The minimum absolute atomic E-state index is 0. The maximum Gasteiger partial charge on any atom is 0.302 e. The van der Waals surface area contributed by atoms with Gasteiger partial charge in [0, 0.05) is 30.0 Å². The maximum atomic E-state index is 11.5. The van der Waals surface area contributed by atoms with Crippen LogP contribution < -0.4 is 24.0 Å². The summed E-state index contributed by atoms with van der Waals surface area (Å²) in [5.41, 5.74) is 6.16. The number of hydrogen-bond acceptors (Lipinski definition) is 2. The Balaban J connectivity index is 0.00000240. The third kappa shape index (κ3) is 4.93. The van der Waals surface area contributed by atoms with Gasteiger partial charge in [0.1, 0.15) is 0 Å². The number of nitrogens with zero attached hydrogens (tertiary/aromatic N) is 1. The number of carbonyl (C=O) groups excluding carboxylic acids is 1. The lowest BCUT2D eigenvalue weighted by Crippen LogP contribution is -3.00. The van der Waals surface area contributed by atoms with Crippen molar-refractivity contribution in [2.24, 2.45) is 0 Å². The molecule has 0 bridgehead atoms. The second-order valence-electron chi connectivity index (χ2n) is 7.15. The molecule has 3 aromatic rings. The van der Waals surface area contributed by atoms with Crippen LogP contribution in [0.1, 0.15) is 29.2 Å². The molecule has 0 fully saturated rings. The molecule has 0 spiro atoms. The quantitative estimate of drug-likeness (QED) is 0.302. The monoisotopic (exact) mass is 497 g/mol. The van der Waals surface area contributed by atoms with Gasteiger partial charge >= 0.3 is 5.97 Å². The molecule has 1 aliphatic rings. The predicted octanol–water partition coefficient (Wildman–Crippen LogP) is 1.23. The fraction of sp³-hybridized carbons (Fsp3) is 0.200. The summed E-state index contributed by atoms with van der Waals surface area (Å²) in [6.45, 7) is 2.62. The summed E-state index contributed by atoms with van der Waals surface area (Å²) < 4.78 is 7.85. The lowest BCUT2D eigenvalue weighted by Gasteiger charge is -2.26. The summed E-state index contributed by atoms with van der Waals surface area (Å²) >= 11 is 0. The zero-order valence-corrected chi connectivity index (χ0v) is 18.6. The van der Waals surface area contributed by atoms with Crippen LogP contribution in [-0.4, -0.2) is 28.9 Å². The van der Waals surface area contributed by atoms with E-state index in [4.69, 9.17) is 4.74 Å². The van der Waals surface area contributed by atoms with E-state index in [1.165, 1.54) is 34.9 Å². The van der Waals surface area contributed by atoms with Crippen molar-refractivity contribution in [1.82, 2.24) is 0 Å². The van der Waals surface area contributed by atoms with Crippen LogP contribution in [0.2, 0.25) is 0 Å². The molecular formula is C25H24INO2. The van der Waals surface area contributed by atoms with E-state index in [1.807, 2.05) is 12.1 Å². The summed E-state index contributed by atoms with van der Waals surface area (Å²) in [5, 5.41) is 0. The van der Waals surface area contributed by atoms with Crippen LogP contribution in [0.25, 0.3) is 0 Å². The van der Waals surface area contributed by atoms with E-state index >= 15 is 0 Å². The highest BCUT2D eigenvalue weighted by molar-refractivity contribution is 6.11. The topological polar surface area (TPSA) is 29.3 Å². The average Bonchev–Trinajstić information content (AvgIpc) is 2.73. The lowest BCUT2D eigenvalue weighted by atomic mass is 9.89. The molecule has 1 heterocycles. The Kier molecular flexibility index (Phi) is 7.20. The molecule has 1 unspecified atom stereocenters. The highest BCUT2D eigenvalue weighted by Gasteiger charge is 2.35. The highest BCUT2D eigenvalue weighted by atomic mass is 127. The Bertz CT molecular complexity index is 1000. The molecule has 0 amide bonds. The molecule has 29 heavy (non-hydrogen) atoms. The molecule has 148 valence electrons. The third-order valence-corrected chi connectivity index (χ3v) is 5.18. The SMILES string of the molecule is CC(=O)OCC1Cc2ccccc2C(c2ccccc2)=[N+]1Cc1ccccc1.[I-]. The first kappa shape index (κ1) is 21.2. The summed E-state index contributed by atoms with van der Waals surface area (Å²) in [4.78, 5) is 11.5. The number of ether oxygens (including phenoxy) is 1. The number of fused-ring (bicyclic) bond motifs is 1. The minimum atomic E-state index is -0.236. The Morgan fingerprint density at radius 1 is 0.931 bits per heavy atom. The van der Waals surface area contributed by atoms with Crippen LogP contribution in [0, 0.1) is 0 Å². The van der Waals surface area contributed by atoms with Crippen LogP contribution >= 0.6 is 0 Å². The Morgan fingerprint density at radius 2 is 1.55 bits per heavy atom. The summed E-state index contributed by atoms with van der Waals surface area (Å²) in [6.07, 6.45) is 0.854. The first-order chi connectivity index (χ1) is 13.7. The fourth-order valence-corrected chi connectivity index (χ4v) is 3.90. The maximum absolute atomic E-state index is 11.5. The van der Waals surface area contributed by atoms with E-state index in [9.17, 15) is 4.79 Å². The highest BCUT2D eigenvalue weighted by Crippen LogP contribution is 2.25. The van der Waals surface area contributed by atoms with Gasteiger partial charge in [-0.3, -0.25) is 4.79 Å². The first-order valence-corrected chi connectivity index (χ1v) is 9.67. The van der Waals surface area contributed by atoms with Crippen molar-refractivity contribution in [3.05, 3.63) is 107 Å². The van der Waals surface area contributed by atoms with Gasteiger partial charge in [0.05, 0.1) is 0 Å². The number of rotatable bonds is 5. The number of hydrogen-bond donors (Lipinski definition) is 0. The van der Waals surface area contributed by atoms with E-state index in [1.54, 1.807) is 0 Å². The van der Waals surface area contributed by atoms with Gasteiger partial charge in [-0.25, -0.2) is 4.58 Å². The van der Waals surface area contributed by atoms with E-state index in [0.717, 1.165) is 13.0 Å². The minimum Gasteiger partial charge on any atom is -1.00 e. The van der Waals surface area contributed by atoms with Gasteiger partial charge in [-0.05, 0) is 23.8 Å². The predicted molar refractivity (Wildman–Crippen MR) is 111 cm³/mol. The number of benzene rings is 3. The molecule has 0 saturated carbocycles. The molecule has 4 heteroatoms. The number of halogens is 1. The average molecular weight is 497 g/mol. The van der Waals surface area contributed by atoms with E-state index in [2.05, 4.69) is 77.4 Å². The smallest absolute Gasteiger partial charge is 0.302 e. The van der Waals surface area contributed by atoms with Gasteiger partial charge in [0.2, 0.25) is 5.71 Å². The van der Waals surface area contributed by atoms with Crippen molar-refractivity contribution < 1.29 is 38.1 Å². The van der Waals surface area contributed by atoms with E-state index < -0.39 is 0 Å². The summed E-state index contributed by atoms with van der Waals surface area (Å²) in [5.74, 6) is -0.236. The molecule has 0 N–H and O–H groups in total.